The van der Waals surface area contributed by atoms with E-state index in [0.29, 0.717) is 18.0 Å². The van der Waals surface area contributed by atoms with Gasteiger partial charge in [0.1, 0.15) is 0 Å². The number of amides is 1. The predicted octanol–water partition coefficient (Wildman–Crippen LogP) is 5.09. The minimum Gasteiger partial charge on any atom is -0.309 e. The van der Waals surface area contributed by atoms with E-state index in [-0.39, 0.29) is 5.91 Å². The van der Waals surface area contributed by atoms with Gasteiger partial charge in [0.2, 0.25) is 5.91 Å². The highest BCUT2D eigenvalue weighted by atomic mass is 35.5. The van der Waals surface area contributed by atoms with E-state index in [2.05, 4.69) is 11.0 Å². The Morgan fingerprint density at radius 1 is 1.14 bits per heavy atom. The molecule has 0 fully saturated rings. The summed E-state index contributed by atoms with van der Waals surface area (Å²) >= 11 is 7.88. The topological polar surface area (TPSA) is 36.4 Å². The van der Waals surface area contributed by atoms with E-state index < -0.39 is 0 Å². The highest BCUT2D eigenvalue weighted by molar-refractivity contribution is 7.23. The number of anilines is 1. The molecule has 0 N–H and O–H groups in total. The van der Waals surface area contributed by atoms with Crippen LogP contribution in [0.3, 0.4) is 0 Å². The van der Waals surface area contributed by atoms with Crippen LogP contribution in [0.5, 0.6) is 0 Å². The first-order chi connectivity index (χ1) is 13.3. The minimum absolute atomic E-state index is 0.0668. The van der Waals surface area contributed by atoms with Gasteiger partial charge in [0.25, 0.3) is 0 Å². The fourth-order valence-corrected chi connectivity index (χ4v) is 4.53. The summed E-state index contributed by atoms with van der Waals surface area (Å²) < 4.78 is 0.942. The normalized spacial score (nSPS) is 11.4. The zero-order valence-electron chi connectivity index (χ0n) is 16.8. The van der Waals surface area contributed by atoms with Gasteiger partial charge in [-0.1, -0.05) is 58.8 Å². The Kier molecular flexibility index (Phi) is 6.70. The third kappa shape index (κ3) is 4.90. The van der Waals surface area contributed by atoms with E-state index in [1.54, 1.807) is 0 Å². The average molecular weight is 416 g/mol. The molecule has 4 nitrogen and oxygen atoms in total. The Labute approximate surface area is 175 Å². The molecule has 0 atom stereocenters. The van der Waals surface area contributed by atoms with Crippen molar-refractivity contribution >= 4 is 44.2 Å². The van der Waals surface area contributed by atoms with Crippen LogP contribution in [-0.4, -0.2) is 43.0 Å². The molecule has 0 spiro atoms. The second-order valence-corrected chi connectivity index (χ2v) is 8.79. The maximum absolute atomic E-state index is 13.2. The smallest absolute Gasteiger partial charge is 0.233 e. The summed E-state index contributed by atoms with van der Waals surface area (Å²) in [6.07, 6.45) is 1.25. The Hall–Kier alpha value is -1.95. The second-order valence-electron chi connectivity index (χ2n) is 7.41. The van der Waals surface area contributed by atoms with Crippen molar-refractivity contribution in [3.8, 4) is 0 Å². The number of aryl methyl sites for hydroxylation is 2. The molecule has 0 saturated heterocycles. The number of halogens is 1. The van der Waals surface area contributed by atoms with Gasteiger partial charge in [0.15, 0.2) is 5.13 Å². The summed E-state index contributed by atoms with van der Waals surface area (Å²) in [4.78, 5) is 21.9. The number of carbonyl (C=O) groups is 1. The number of nitrogens with zero attached hydrogens (tertiary/aromatic N) is 3. The van der Waals surface area contributed by atoms with E-state index in [9.17, 15) is 4.79 Å². The SMILES string of the molecule is Cc1cccc(CC(=O)N(CCCN(C)C)c2nc3c(C)ccc(Cl)c3s2)c1. The molecule has 0 unspecified atom stereocenters. The first kappa shape index (κ1) is 20.8. The fraction of sp³-hybridized carbons (Fsp3) is 0.364. The molecule has 3 aromatic rings. The molecule has 1 aromatic heterocycles. The van der Waals surface area contributed by atoms with Crippen LogP contribution < -0.4 is 4.90 Å². The monoisotopic (exact) mass is 415 g/mol. The Morgan fingerprint density at radius 3 is 2.61 bits per heavy atom. The molecule has 0 aliphatic heterocycles. The van der Waals surface area contributed by atoms with Crippen molar-refractivity contribution in [1.82, 2.24) is 9.88 Å². The van der Waals surface area contributed by atoms with E-state index in [0.717, 1.165) is 45.0 Å². The maximum atomic E-state index is 13.2. The molecular formula is C22H26ClN3OS. The standard InChI is InChI=1S/C22H26ClN3OS/c1-15-7-5-8-17(13-15)14-19(27)26(12-6-11-25(3)4)22-24-20-16(2)9-10-18(23)21(20)28-22/h5,7-10,13H,6,11-12,14H2,1-4H3. The van der Waals surface area contributed by atoms with E-state index >= 15 is 0 Å². The second kappa shape index (κ2) is 9.03. The molecule has 28 heavy (non-hydrogen) atoms. The summed E-state index contributed by atoms with van der Waals surface area (Å²) in [6.45, 7) is 5.62. The number of rotatable bonds is 7. The van der Waals surface area contributed by atoms with Crippen LogP contribution in [0.25, 0.3) is 10.2 Å². The van der Waals surface area contributed by atoms with Gasteiger partial charge >= 0.3 is 0 Å². The summed E-state index contributed by atoms with van der Waals surface area (Å²) in [5.74, 6) is 0.0668. The van der Waals surface area contributed by atoms with Gasteiger partial charge in [-0.25, -0.2) is 4.98 Å². The number of hydrogen-bond acceptors (Lipinski definition) is 4. The van der Waals surface area contributed by atoms with Gasteiger partial charge in [0.05, 0.1) is 21.7 Å². The first-order valence-corrected chi connectivity index (χ1v) is 10.6. The Bertz CT molecular complexity index is 944. The molecule has 148 valence electrons. The molecule has 2 aromatic carbocycles. The highest BCUT2D eigenvalue weighted by Crippen LogP contribution is 2.35. The number of hydrogen-bond donors (Lipinski definition) is 0. The van der Waals surface area contributed by atoms with Crippen molar-refractivity contribution in [3.63, 3.8) is 0 Å². The van der Waals surface area contributed by atoms with Crippen LogP contribution in [0.1, 0.15) is 23.1 Å². The lowest BCUT2D eigenvalue weighted by Crippen LogP contribution is -2.34. The molecule has 1 heterocycles. The molecule has 0 aliphatic carbocycles. The number of aromatic nitrogens is 1. The van der Waals surface area contributed by atoms with Crippen molar-refractivity contribution in [2.24, 2.45) is 0 Å². The van der Waals surface area contributed by atoms with Gasteiger partial charge in [-0.2, -0.15) is 0 Å². The van der Waals surface area contributed by atoms with Crippen LogP contribution in [0.4, 0.5) is 5.13 Å². The van der Waals surface area contributed by atoms with Crippen molar-refractivity contribution < 1.29 is 4.79 Å². The lowest BCUT2D eigenvalue weighted by atomic mass is 10.1. The third-order valence-corrected chi connectivity index (χ3v) is 6.18. The molecule has 0 saturated carbocycles. The quantitative estimate of drug-likeness (QED) is 0.539. The van der Waals surface area contributed by atoms with Gasteiger partial charge in [-0.05, 0) is 58.1 Å². The van der Waals surface area contributed by atoms with E-state index in [4.69, 9.17) is 16.6 Å². The van der Waals surface area contributed by atoms with Crippen molar-refractivity contribution in [3.05, 3.63) is 58.1 Å². The molecule has 0 aliphatic rings. The average Bonchev–Trinajstić information content (AvgIpc) is 3.08. The molecule has 6 heteroatoms. The fourth-order valence-electron chi connectivity index (χ4n) is 3.17. The lowest BCUT2D eigenvalue weighted by molar-refractivity contribution is -0.118. The molecule has 0 bridgehead atoms. The molecule has 0 radical (unpaired) electrons. The zero-order chi connectivity index (χ0) is 20.3. The third-order valence-electron chi connectivity index (χ3n) is 4.64. The summed E-state index contributed by atoms with van der Waals surface area (Å²) in [5, 5.41) is 1.41. The van der Waals surface area contributed by atoms with Crippen molar-refractivity contribution in [1.29, 1.82) is 0 Å². The van der Waals surface area contributed by atoms with E-state index in [1.807, 2.05) is 63.2 Å². The first-order valence-electron chi connectivity index (χ1n) is 9.41. The Balaban J connectivity index is 1.91. The zero-order valence-corrected chi connectivity index (χ0v) is 18.4. The number of benzene rings is 2. The number of fused-ring (bicyclic) bond motifs is 1. The largest absolute Gasteiger partial charge is 0.309 e. The van der Waals surface area contributed by atoms with E-state index in [1.165, 1.54) is 11.3 Å². The molecule has 3 rings (SSSR count). The van der Waals surface area contributed by atoms with Gasteiger partial charge in [-0.3, -0.25) is 9.69 Å². The highest BCUT2D eigenvalue weighted by Gasteiger charge is 2.21. The van der Waals surface area contributed by atoms with Crippen LogP contribution in [0.15, 0.2) is 36.4 Å². The molecule has 1 amide bonds. The van der Waals surface area contributed by atoms with Crippen LogP contribution in [0.2, 0.25) is 5.02 Å². The number of thiazole rings is 1. The predicted molar refractivity (Wildman–Crippen MR) is 120 cm³/mol. The van der Waals surface area contributed by atoms with Crippen molar-refractivity contribution in [2.75, 3.05) is 32.1 Å². The van der Waals surface area contributed by atoms with Crippen LogP contribution >= 0.6 is 22.9 Å². The maximum Gasteiger partial charge on any atom is 0.233 e. The van der Waals surface area contributed by atoms with Gasteiger partial charge in [0, 0.05) is 6.54 Å². The van der Waals surface area contributed by atoms with Gasteiger partial charge < -0.3 is 4.90 Å². The van der Waals surface area contributed by atoms with Gasteiger partial charge in [-0.15, -0.1) is 0 Å². The minimum atomic E-state index is 0.0668. The summed E-state index contributed by atoms with van der Waals surface area (Å²) in [5.41, 5.74) is 4.14. The van der Waals surface area contributed by atoms with Crippen molar-refractivity contribution in [2.45, 2.75) is 26.7 Å². The summed E-state index contributed by atoms with van der Waals surface area (Å²) in [7, 11) is 4.08. The lowest BCUT2D eigenvalue weighted by Gasteiger charge is -2.21. The number of carbonyl (C=O) groups excluding carboxylic acids is 1. The van der Waals surface area contributed by atoms with Crippen LogP contribution in [-0.2, 0) is 11.2 Å². The molecular weight excluding hydrogens is 390 g/mol. The Morgan fingerprint density at radius 2 is 1.93 bits per heavy atom. The summed E-state index contributed by atoms with van der Waals surface area (Å²) in [6, 6.07) is 12.0. The van der Waals surface area contributed by atoms with Crippen LogP contribution in [0, 0.1) is 13.8 Å².